The van der Waals surface area contributed by atoms with Crippen molar-refractivity contribution in [3.8, 4) is 6.07 Å². The van der Waals surface area contributed by atoms with Gasteiger partial charge in [-0.25, -0.2) is 10.4 Å². The Kier molecular flexibility index (Phi) is 3.94. The fourth-order valence-electron chi connectivity index (χ4n) is 1.32. The highest BCUT2D eigenvalue weighted by molar-refractivity contribution is 5.99. The van der Waals surface area contributed by atoms with Gasteiger partial charge in [-0.05, 0) is 18.2 Å². The molecule has 2 heterocycles. The van der Waals surface area contributed by atoms with E-state index in [0.717, 1.165) is 0 Å². The average molecular weight is 267 g/mol. The van der Waals surface area contributed by atoms with Crippen LogP contribution in [0, 0.1) is 11.3 Å². The Bertz CT molecular complexity index is 690. The van der Waals surface area contributed by atoms with Crippen molar-refractivity contribution in [1.82, 2.24) is 20.6 Å². The second kappa shape index (κ2) is 6.01. The van der Waals surface area contributed by atoms with Gasteiger partial charge in [-0.3, -0.25) is 4.79 Å². The maximum atomic E-state index is 11.8. The predicted molar refractivity (Wildman–Crippen MR) is 69.2 cm³/mol. The molecule has 3 N–H and O–H groups in total. The topological polar surface area (TPSA) is 130 Å². The highest BCUT2D eigenvalue weighted by atomic mass is 16.2. The summed E-state index contributed by atoms with van der Waals surface area (Å²) >= 11 is 0. The van der Waals surface area contributed by atoms with E-state index in [1.165, 1.54) is 30.7 Å². The zero-order chi connectivity index (χ0) is 14.4. The molecule has 0 saturated heterocycles. The van der Waals surface area contributed by atoms with E-state index in [-0.39, 0.29) is 17.1 Å². The maximum Gasteiger partial charge on any atom is 0.271 e. The summed E-state index contributed by atoms with van der Waals surface area (Å²) in [6.45, 7) is 0. The van der Waals surface area contributed by atoms with Gasteiger partial charge in [0.25, 0.3) is 5.91 Å². The van der Waals surface area contributed by atoms with Crippen LogP contribution in [-0.4, -0.2) is 26.9 Å². The second-order valence-electron chi connectivity index (χ2n) is 3.61. The van der Waals surface area contributed by atoms with Crippen molar-refractivity contribution in [3.05, 3.63) is 53.6 Å². The van der Waals surface area contributed by atoms with Crippen LogP contribution < -0.4 is 11.2 Å². The molecule has 0 aliphatic rings. The third-order valence-electron chi connectivity index (χ3n) is 2.29. The first kappa shape index (κ1) is 13.1. The van der Waals surface area contributed by atoms with Gasteiger partial charge in [-0.2, -0.15) is 20.6 Å². The number of amidine groups is 1. The number of aromatic nitrogens is 3. The summed E-state index contributed by atoms with van der Waals surface area (Å²) in [5.41, 5.74) is 8.91. The molecule has 0 aromatic carbocycles. The third-order valence-corrected chi connectivity index (χ3v) is 2.29. The smallest absolute Gasteiger partial charge is 0.271 e. The van der Waals surface area contributed by atoms with Gasteiger partial charge in [0, 0.05) is 17.3 Å². The summed E-state index contributed by atoms with van der Waals surface area (Å²) in [5, 5.41) is 19.7. The molecule has 0 atom stereocenters. The van der Waals surface area contributed by atoms with Gasteiger partial charge in [-0.1, -0.05) is 0 Å². The summed E-state index contributed by atoms with van der Waals surface area (Å²) in [6, 6.07) is 6.28. The number of nitrogens with two attached hydrogens (primary N) is 1. The van der Waals surface area contributed by atoms with Crippen molar-refractivity contribution in [2.24, 2.45) is 10.8 Å². The van der Waals surface area contributed by atoms with Crippen LogP contribution in [0.25, 0.3) is 0 Å². The van der Waals surface area contributed by atoms with E-state index in [1.54, 1.807) is 6.07 Å². The number of nitrogens with zero attached hydrogens (tertiary/aromatic N) is 5. The molecule has 8 nitrogen and oxygen atoms in total. The Morgan fingerprint density at radius 1 is 1.30 bits per heavy atom. The molecule has 20 heavy (non-hydrogen) atoms. The Balaban J connectivity index is 2.10. The van der Waals surface area contributed by atoms with Crippen LogP contribution in [0.15, 0.2) is 41.9 Å². The van der Waals surface area contributed by atoms with Crippen LogP contribution in [0.3, 0.4) is 0 Å². The number of hydrogen-bond acceptors (Lipinski definition) is 6. The van der Waals surface area contributed by atoms with Crippen molar-refractivity contribution in [3.63, 3.8) is 0 Å². The summed E-state index contributed by atoms with van der Waals surface area (Å²) < 4.78 is 0. The third kappa shape index (κ3) is 3.11. The van der Waals surface area contributed by atoms with Crippen LogP contribution in [0.4, 0.5) is 0 Å². The summed E-state index contributed by atoms with van der Waals surface area (Å²) in [7, 11) is 0. The number of pyridine rings is 1. The Labute approximate surface area is 114 Å². The van der Waals surface area contributed by atoms with E-state index in [4.69, 9.17) is 11.0 Å². The molecule has 8 heteroatoms. The number of hydrazone groups is 1. The first-order chi connectivity index (χ1) is 9.70. The lowest BCUT2D eigenvalue weighted by atomic mass is 10.2. The zero-order valence-corrected chi connectivity index (χ0v) is 10.2. The number of amides is 1. The van der Waals surface area contributed by atoms with Crippen LogP contribution in [0.5, 0.6) is 0 Å². The van der Waals surface area contributed by atoms with E-state index in [1.807, 2.05) is 6.07 Å². The molecule has 2 aromatic rings. The van der Waals surface area contributed by atoms with Crippen molar-refractivity contribution in [2.45, 2.75) is 0 Å². The lowest BCUT2D eigenvalue weighted by Crippen LogP contribution is -2.24. The summed E-state index contributed by atoms with van der Waals surface area (Å²) in [4.78, 5) is 15.6. The SMILES string of the molecule is N#Cc1cc(C(=O)N/N=C(\N)c2ccnnc2)ccn1. The molecule has 0 unspecified atom stereocenters. The molecule has 2 rings (SSSR count). The minimum Gasteiger partial charge on any atom is -0.382 e. The normalized spacial score (nSPS) is 10.7. The van der Waals surface area contributed by atoms with Gasteiger partial charge in [0.2, 0.25) is 0 Å². The Morgan fingerprint density at radius 2 is 2.10 bits per heavy atom. The molecule has 2 aromatic heterocycles. The van der Waals surface area contributed by atoms with Crippen LogP contribution >= 0.6 is 0 Å². The lowest BCUT2D eigenvalue weighted by Gasteiger charge is -2.02. The van der Waals surface area contributed by atoms with E-state index in [9.17, 15) is 4.79 Å². The number of nitrogens with one attached hydrogen (secondary N) is 1. The van der Waals surface area contributed by atoms with E-state index < -0.39 is 5.91 Å². The number of nitriles is 1. The minimum absolute atomic E-state index is 0.0998. The summed E-state index contributed by atoms with van der Waals surface area (Å²) in [6.07, 6.45) is 4.25. The monoisotopic (exact) mass is 267 g/mol. The van der Waals surface area contributed by atoms with Crippen molar-refractivity contribution in [1.29, 1.82) is 5.26 Å². The van der Waals surface area contributed by atoms with Crippen LogP contribution in [-0.2, 0) is 0 Å². The Hall–Kier alpha value is -3.34. The molecule has 0 aliphatic carbocycles. The first-order valence-electron chi connectivity index (χ1n) is 5.47. The Morgan fingerprint density at radius 3 is 2.80 bits per heavy atom. The number of hydrogen-bond donors (Lipinski definition) is 2. The highest BCUT2D eigenvalue weighted by Gasteiger charge is 2.06. The predicted octanol–water partition coefficient (Wildman–Crippen LogP) is -0.206. The number of carbonyl (C=O) groups excluding carboxylic acids is 1. The standard InChI is InChI=1S/C12H9N7O/c13-6-10-5-8(1-3-15-10)12(20)19-18-11(14)9-2-4-16-17-7-9/h1-5,7H,(H2,14,18)(H,19,20). The van der Waals surface area contributed by atoms with E-state index in [0.29, 0.717) is 5.56 Å². The molecule has 1 amide bonds. The molecule has 0 saturated carbocycles. The maximum absolute atomic E-state index is 11.8. The molecule has 98 valence electrons. The van der Waals surface area contributed by atoms with Gasteiger partial charge in [0.1, 0.15) is 11.8 Å². The summed E-state index contributed by atoms with van der Waals surface area (Å²) in [5.74, 6) is -0.392. The molecule has 0 fully saturated rings. The van der Waals surface area contributed by atoms with E-state index in [2.05, 4.69) is 25.7 Å². The fourth-order valence-corrected chi connectivity index (χ4v) is 1.32. The molecule has 0 radical (unpaired) electrons. The fraction of sp³-hybridized carbons (Fsp3) is 0. The second-order valence-corrected chi connectivity index (χ2v) is 3.61. The largest absolute Gasteiger partial charge is 0.382 e. The molecular weight excluding hydrogens is 258 g/mol. The average Bonchev–Trinajstić information content (AvgIpc) is 2.53. The van der Waals surface area contributed by atoms with Crippen molar-refractivity contribution >= 4 is 11.7 Å². The quantitative estimate of drug-likeness (QED) is 0.449. The van der Waals surface area contributed by atoms with E-state index >= 15 is 0 Å². The van der Waals surface area contributed by atoms with Gasteiger partial charge < -0.3 is 5.73 Å². The van der Waals surface area contributed by atoms with Crippen LogP contribution in [0.2, 0.25) is 0 Å². The first-order valence-corrected chi connectivity index (χ1v) is 5.47. The molecule has 0 spiro atoms. The molecular formula is C12H9N7O. The number of carbonyl (C=O) groups is 1. The molecule has 0 bridgehead atoms. The van der Waals surface area contributed by atoms with Crippen molar-refractivity contribution in [2.75, 3.05) is 0 Å². The van der Waals surface area contributed by atoms with Gasteiger partial charge >= 0.3 is 0 Å². The van der Waals surface area contributed by atoms with Crippen molar-refractivity contribution < 1.29 is 4.79 Å². The van der Waals surface area contributed by atoms with Gasteiger partial charge in [0.05, 0.1) is 12.4 Å². The lowest BCUT2D eigenvalue weighted by molar-refractivity contribution is 0.0954. The molecule has 0 aliphatic heterocycles. The highest BCUT2D eigenvalue weighted by Crippen LogP contribution is 2.01. The minimum atomic E-state index is -0.492. The van der Waals surface area contributed by atoms with Gasteiger partial charge in [0.15, 0.2) is 5.84 Å². The van der Waals surface area contributed by atoms with Crippen LogP contribution in [0.1, 0.15) is 21.6 Å². The number of rotatable bonds is 3. The zero-order valence-electron chi connectivity index (χ0n) is 10.2. The van der Waals surface area contributed by atoms with Gasteiger partial charge in [-0.15, -0.1) is 0 Å².